The molecular formula is C20H18ClNO5. The van der Waals surface area contributed by atoms with E-state index in [9.17, 15) is 19.8 Å². The number of ketones is 1. The number of aliphatic hydroxyl groups excluding tert-OH is 2. The maximum atomic E-state index is 12.7. The summed E-state index contributed by atoms with van der Waals surface area (Å²) in [6, 6.07) is 12.4. The predicted octanol–water partition coefficient (Wildman–Crippen LogP) is 2.76. The van der Waals surface area contributed by atoms with Crippen LogP contribution in [0, 0.1) is 0 Å². The number of likely N-dealkylation sites (tertiary alicyclic amines) is 1. The fraction of sp³-hybridized carbons (Fsp3) is 0.200. The Kier molecular flexibility index (Phi) is 5.48. The van der Waals surface area contributed by atoms with Gasteiger partial charge in [-0.2, -0.15) is 0 Å². The maximum absolute atomic E-state index is 12.7. The summed E-state index contributed by atoms with van der Waals surface area (Å²) in [4.78, 5) is 26.4. The summed E-state index contributed by atoms with van der Waals surface area (Å²) in [5.41, 5.74) is 0.927. The first-order valence-electron chi connectivity index (χ1n) is 8.27. The largest absolute Gasteiger partial charge is 0.507 e. The molecule has 7 heteroatoms. The van der Waals surface area contributed by atoms with Gasteiger partial charge in [-0.1, -0.05) is 23.7 Å². The van der Waals surface area contributed by atoms with E-state index >= 15 is 0 Å². The number of carbonyl (C=O) groups excluding carboxylic acids is 2. The van der Waals surface area contributed by atoms with Crippen LogP contribution in [0.5, 0.6) is 5.75 Å². The average molecular weight is 388 g/mol. The number of methoxy groups -OCH3 is 1. The highest BCUT2D eigenvalue weighted by molar-refractivity contribution is 6.46. The molecule has 2 aromatic rings. The van der Waals surface area contributed by atoms with Crippen LogP contribution in [0.2, 0.25) is 5.02 Å². The molecule has 1 fully saturated rings. The standard InChI is InChI=1S/C20H18ClNO5/c1-27-15-4-2-3-13(11-15)17-16(19(25)20(26)22(17)9-10-23)18(24)12-5-7-14(21)8-6-12/h2-8,11,17,23-24H,9-10H2,1H3. The number of benzene rings is 2. The van der Waals surface area contributed by atoms with Gasteiger partial charge in [0.15, 0.2) is 0 Å². The van der Waals surface area contributed by atoms with Crippen molar-refractivity contribution in [3.63, 3.8) is 0 Å². The van der Waals surface area contributed by atoms with Crippen molar-refractivity contribution in [1.29, 1.82) is 0 Å². The lowest BCUT2D eigenvalue weighted by Crippen LogP contribution is -2.32. The average Bonchev–Trinajstić information content (AvgIpc) is 2.93. The Morgan fingerprint density at radius 3 is 2.52 bits per heavy atom. The van der Waals surface area contributed by atoms with Crippen molar-refractivity contribution in [2.45, 2.75) is 6.04 Å². The van der Waals surface area contributed by atoms with E-state index in [1.807, 2.05) is 0 Å². The van der Waals surface area contributed by atoms with Gasteiger partial charge < -0.3 is 19.8 Å². The molecule has 2 N–H and O–H groups in total. The number of amides is 1. The van der Waals surface area contributed by atoms with Crippen LogP contribution in [-0.2, 0) is 9.59 Å². The number of Topliss-reactive ketones (excluding diaryl/α,β-unsaturated/α-hetero) is 1. The topological polar surface area (TPSA) is 87.1 Å². The van der Waals surface area contributed by atoms with Crippen LogP contribution < -0.4 is 4.74 Å². The van der Waals surface area contributed by atoms with Gasteiger partial charge in [-0.3, -0.25) is 9.59 Å². The van der Waals surface area contributed by atoms with Crippen LogP contribution in [0.3, 0.4) is 0 Å². The van der Waals surface area contributed by atoms with Gasteiger partial charge in [-0.25, -0.2) is 0 Å². The minimum absolute atomic E-state index is 0.0378. The number of hydrogen-bond donors (Lipinski definition) is 2. The lowest BCUT2D eigenvalue weighted by Gasteiger charge is -2.24. The van der Waals surface area contributed by atoms with Crippen molar-refractivity contribution in [2.75, 3.05) is 20.3 Å². The van der Waals surface area contributed by atoms with Gasteiger partial charge in [-0.05, 0) is 42.0 Å². The van der Waals surface area contributed by atoms with Gasteiger partial charge in [0.1, 0.15) is 11.5 Å². The first-order valence-corrected chi connectivity index (χ1v) is 8.65. The first kappa shape index (κ1) is 18.9. The molecule has 0 aromatic heterocycles. The molecule has 27 heavy (non-hydrogen) atoms. The van der Waals surface area contributed by atoms with Crippen molar-refractivity contribution in [2.24, 2.45) is 0 Å². The summed E-state index contributed by atoms with van der Waals surface area (Å²) in [6.45, 7) is -0.349. The first-order chi connectivity index (χ1) is 13.0. The van der Waals surface area contributed by atoms with Crippen LogP contribution in [0.4, 0.5) is 0 Å². The second-order valence-electron chi connectivity index (χ2n) is 6.00. The Labute approximate surface area is 161 Å². The summed E-state index contributed by atoms with van der Waals surface area (Å²) in [5, 5.41) is 20.6. The van der Waals surface area contributed by atoms with Gasteiger partial charge in [0, 0.05) is 17.1 Å². The fourth-order valence-electron chi connectivity index (χ4n) is 3.14. The molecule has 2 aromatic carbocycles. The number of ether oxygens (including phenoxy) is 1. The molecule has 1 unspecified atom stereocenters. The summed E-state index contributed by atoms with van der Waals surface area (Å²) in [6.07, 6.45) is 0. The molecule has 1 atom stereocenters. The van der Waals surface area contributed by atoms with Crippen LogP contribution >= 0.6 is 11.6 Å². The summed E-state index contributed by atoms with van der Waals surface area (Å²) < 4.78 is 5.23. The molecule has 1 saturated heterocycles. The molecule has 140 valence electrons. The molecule has 1 amide bonds. The molecular weight excluding hydrogens is 370 g/mol. The van der Waals surface area contributed by atoms with E-state index in [4.69, 9.17) is 16.3 Å². The molecule has 1 aliphatic heterocycles. The van der Waals surface area contributed by atoms with Crippen molar-refractivity contribution >= 4 is 29.1 Å². The second kappa shape index (κ2) is 7.82. The fourth-order valence-corrected chi connectivity index (χ4v) is 3.27. The Morgan fingerprint density at radius 1 is 1.19 bits per heavy atom. The van der Waals surface area contributed by atoms with Gasteiger partial charge >= 0.3 is 0 Å². The third-order valence-electron chi connectivity index (χ3n) is 4.41. The summed E-state index contributed by atoms with van der Waals surface area (Å²) >= 11 is 5.88. The Balaban J connectivity index is 2.18. The number of aliphatic hydroxyl groups is 2. The summed E-state index contributed by atoms with van der Waals surface area (Å²) in [5.74, 6) is -1.32. The molecule has 1 heterocycles. The van der Waals surface area contributed by atoms with Crippen LogP contribution in [-0.4, -0.2) is 47.1 Å². The van der Waals surface area contributed by atoms with Crippen LogP contribution in [0.1, 0.15) is 17.2 Å². The number of carbonyl (C=O) groups is 2. The third kappa shape index (κ3) is 3.54. The summed E-state index contributed by atoms with van der Waals surface area (Å²) in [7, 11) is 1.51. The Bertz CT molecular complexity index is 907. The normalized spacial score (nSPS) is 18.8. The van der Waals surface area contributed by atoms with E-state index in [1.165, 1.54) is 12.0 Å². The number of nitrogens with zero attached hydrogens (tertiary/aromatic N) is 1. The number of rotatable bonds is 5. The number of β-amino-alcohol motifs (C(OH)–C–C–N with tert-alkyl or cyclic N) is 1. The maximum Gasteiger partial charge on any atom is 0.295 e. The van der Waals surface area contributed by atoms with Gasteiger partial charge in [0.25, 0.3) is 11.7 Å². The monoisotopic (exact) mass is 387 g/mol. The molecule has 0 aliphatic carbocycles. The number of hydrogen-bond acceptors (Lipinski definition) is 5. The lowest BCUT2D eigenvalue weighted by molar-refractivity contribution is -0.140. The smallest absolute Gasteiger partial charge is 0.295 e. The highest BCUT2D eigenvalue weighted by Crippen LogP contribution is 2.40. The van der Waals surface area contributed by atoms with Gasteiger partial charge in [0.2, 0.25) is 0 Å². The third-order valence-corrected chi connectivity index (χ3v) is 4.66. The molecule has 0 radical (unpaired) electrons. The molecule has 0 spiro atoms. The van der Waals surface area contributed by atoms with E-state index in [-0.39, 0.29) is 24.5 Å². The lowest BCUT2D eigenvalue weighted by atomic mass is 9.95. The molecule has 1 aliphatic rings. The zero-order valence-electron chi connectivity index (χ0n) is 14.6. The Morgan fingerprint density at radius 2 is 1.89 bits per heavy atom. The second-order valence-corrected chi connectivity index (χ2v) is 6.44. The Hall–Kier alpha value is -2.83. The zero-order chi connectivity index (χ0) is 19.6. The molecule has 6 nitrogen and oxygen atoms in total. The molecule has 0 bridgehead atoms. The molecule has 0 saturated carbocycles. The molecule has 3 rings (SSSR count). The van der Waals surface area contributed by atoms with Crippen molar-refractivity contribution in [1.82, 2.24) is 4.90 Å². The van der Waals surface area contributed by atoms with Crippen molar-refractivity contribution in [3.05, 3.63) is 70.3 Å². The van der Waals surface area contributed by atoms with E-state index in [1.54, 1.807) is 48.5 Å². The highest BCUT2D eigenvalue weighted by atomic mass is 35.5. The quantitative estimate of drug-likeness (QED) is 0.468. The zero-order valence-corrected chi connectivity index (χ0v) is 15.3. The van der Waals surface area contributed by atoms with E-state index in [0.717, 1.165) is 0 Å². The minimum atomic E-state index is -0.831. The van der Waals surface area contributed by atoms with E-state index in [0.29, 0.717) is 21.9 Å². The van der Waals surface area contributed by atoms with Crippen LogP contribution in [0.25, 0.3) is 5.76 Å². The van der Waals surface area contributed by atoms with Crippen molar-refractivity contribution in [3.8, 4) is 5.75 Å². The van der Waals surface area contributed by atoms with E-state index < -0.39 is 17.7 Å². The highest BCUT2D eigenvalue weighted by Gasteiger charge is 2.45. The number of halogens is 1. The van der Waals surface area contributed by atoms with Crippen molar-refractivity contribution < 1.29 is 24.5 Å². The van der Waals surface area contributed by atoms with E-state index in [2.05, 4.69) is 0 Å². The predicted molar refractivity (Wildman–Crippen MR) is 101 cm³/mol. The SMILES string of the molecule is COc1cccc(C2C(=C(O)c3ccc(Cl)cc3)C(=O)C(=O)N2CCO)c1. The van der Waals surface area contributed by atoms with Gasteiger partial charge in [0.05, 0.1) is 25.3 Å². The van der Waals surface area contributed by atoms with Crippen LogP contribution in [0.15, 0.2) is 54.1 Å². The minimum Gasteiger partial charge on any atom is -0.507 e. The van der Waals surface area contributed by atoms with Gasteiger partial charge in [-0.15, -0.1) is 0 Å².